The van der Waals surface area contributed by atoms with Crippen LogP contribution >= 0.6 is 11.8 Å². The normalized spacial score (nSPS) is 15.7. The highest BCUT2D eigenvalue weighted by Crippen LogP contribution is 2.37. The second kappa shape index (κ2) is 8.70. The highest BCUT2D eigenvalue weighted by Gasteiger charge is 2.18. The maximum absolute atomic E-state index is 12.5. The molecule has 0 unspecified atom stereocenters. The number of rotatable bonds is 5. The van der Waals surface area contributed by atoms with Gasteiger partial charge in [0.05, 0.1) is 0 Å². The third-order valence-electron chi connectivity index (χ3n) is 5.76. The number of fused-ring (bicyclic) bond motifs is 1. The Labute approximate surface area is 177 Å². The van der Waals surface area contributed by atoms with Crippen molar-refractivity contribution < 1.29 is 0 Å². The molecule has 29 heavy (non-hydrogen) atoms. The Morgan fingerprint density at radius 2 is 1.86 bits per heavy atom. The minimum Gasteiger partial charge on any atom is -0.382 e. The molecule has 2 heterocycles. The van der Waals surface area contributed by atoms with E-state index in [2.05, 4.69) is 42.3 Å². The first-order chi connectivity index (χ1) is 14.0. The quantitative estimate of drug-likeness (QED) is 0.391. The third kappa shape index (κ3) is 4.40. The van der Waals surface area contributed by atoms with Crippen molar-refractivity contribution in [2.24, 2.45) is 7.05 Å². The van der Waals surface area contributed by atoms with Crippen LogP contribution in [0.15, 0.2) is 46.3 Å². The Balaban J connectivity index is 1.82. The van der Waals surface area contributed by atoms with E-state index in [0.29, 0.717) is 16.8 Å². The molecule has 2 aromatic heterocycles. The zero-order chi connectivity index (χ0) is 20.4. The SMILES string of the molecule is CC(C)Sc1ccc(NC2CCCCCC2)c(-c2cn(C)c(=O)c3[nH]ccc23)c1. The fourth-order valence-electron chi connectivity index (χ4n) is 4.34. The molecule has 0 atom stereocenters. The molecule has 0 bridgehead atoms. The summed E-state index contributed by atoms with van der Waals surface area (Å²) >= 11 is 1.88. The predicted octanol–water partition coefficient (Wildman–Crippen LogP) is 6.17. The van der Waals surface area contributed by atoms with E-state index in [4.69, 9.17) is 0 Å². The number of nitrogens with one attached hydrogen (secondary N) is 2. The number of hydrogen-bond acceptors (Lipinski definition) is 3. The number of nitrogens with zero attached hydrogens (tertiary/aromatic N) is 1. The molecule has 154 valence electrons. The molecule has 0 radical (unpaired) electrons. The summed E-state index contributed by atoms with van der Waals surface area (Å²) in [7, 11) is 1.83. The molecule has 5 heteroatoms. The van der Waals surface area contributed by atoms with Crippen LogP contribution in [0.25, 0.3) is 22.0 Å². The maximum atomic E-state index is 12.5. The van der Waals surface area contributed by atoms with Crippen molar-refractivity contribution >= 4 is 28.4 Å². The first kappa shape index (κ1) is 20.1. The summed E-state index contributed by atoms with van der Waals surface area (Å²) in [6.07, 6.45) is 11.6. The average Bonchev–Trinajstić information content (AvgIpc) is 3.04. The molecule has 3 aromatic rings. The van der Waals surface area contributed by atoms with Gasteiger partial charge in [0.15, 0.2) is 0 Å². The highest BCUT2D eigenvalue weighted by atomic mass is 32.2. The number of thioether (sulfide) groups is 1. The minimum absolute atomic E-state index is 0.0136. The summed E-state index contributed by atoms with van der Waals surface area (Å²) in [5, 5.41) is 5.37. The van der Waals surface area contributed by atoms with Gasteiger partial charge in [-0.15, -0.1) is 11.8 Å². The van der Waals surface area contributed by atoms with E-state index in [0.717, 1.165) is 10.9 Å². The Morgan fingerprint density at radius 1 is 1.10 bits per heavy atom. The van der Waals surface area contributed by atoms with E-state index in [1.54, 1.807) is 4.57 Å². The number of aromatic amines is 1. The summed E-state index contributed by atoms with van der Waals surface area (Å²) in [6.45, 7) is 4.44. The Morgan fingerprint density at radius 3 is 2.59 bits per heavy atom. The largest absolute Gasteiger partial charge is 0.382 e. The van der Waals surface area contributed by atoms with Crippen LogP contribution in [-0.4, -0.2) is 20.8 Å². The average molecular weight is 410 g/mol. The van der Waals surface area contributed by atoms with Crippen molar-refractivity contribution in [2.45, 2.75) is 68.6 Å². The summed E-state index contributed by atoms with van der Waals surface area (Å²) < 4.78 is 1.69. The Bertz CT molecular complexity index is 1040. The lowest BCUT2D eigenvalue weighted by atomic mass is 10.0. The smallest absolute Gasteiger partial charge is 0.274 e. The fourth-order valence-corrected chi connectivity index (χ4v) is 5.22. The molecular formula is C24H31N3OS. The second-order valence-corrected chi connectivity index (χ2v) is 10.1. The van der Waals surface area contributed by atoms with Gasteiger partial charge in [-0.1, -0.05) is 39.5 Å². The fraction of sp³-hybridized carbons (Fsp3) is 0.458. The lowest BCUT2D eigenvalue weighted by Crippen LogP contribution is -2.19. The van der Waals surface area contributed by atoms with Gasteiger partial charge in [0.1, 0.15) is 5.52 Å². The summed E-state index contributed by atoms with van der Waals surface area (Å²) in [4.78, 5) is 16.9. The number of H-pyrrole nitrogens is 1. The molecule has 4 rings (SSSR count). The van der Waals surface area contributed by atoms with Gasteiger partial charge < -0.3 is 14.9 Å². The van der Waals surface area contributed by atoms with Gasteiger partial charge >= 0.3 is 0 Å². The molecule has 4 nitrogen and oxygen atoms in total. The molecule has 1 saturated carbocycles. The summed E-state index contributed by atoms with van der Waals surface area (Å²) in [5.74, 6) is 0. The van der Waals surface area contributed by atoms with Gasteiger partial charge in [-0.2, -0.15) is 0 Å². The molecule has 1 aliphatic carbocycles. The van der Waals surface area contributed by atoms with E-state index in [1.165, 1.54) is 54.7 Å². The van der Waals surface area contributed by atoms with Gasteiger partial charge in [0, 0.05) is 57.8 Å². The molecule has 1 fully saturated rings. The van der Waals surface area contributed by atoms with Crippen molar-refractivity contribution in [3.63, 3.8) is 0 Å². The van der Waals surface area contributed by atoms with E-state index in [-0.39, 0.29) is 5.56 Å². The summed E-state index contributed by atoms with van der Waals surface area (Å²) in [5.41, 5.74) is 4.14. The number of benzene rings is 1. The van der Waals surface area contributed by atoms with Gasteiger partial charge in [-0.3, -0.25) is 4.79 Å². The van der Waals surface area contributed by atoms with E-state index in [1.807, 2.05) is 37.3 Å². The van der Waals surface area contributed by atoms with Gasteiger partial charge in [-0.05, 0) is 37.1 Å². The molecule has 0 spiro atoms. The minimum atomic E-state index is 0.0136. The molecule has 0 aliphatic heterocycles. The van der Waals surface area contributed by atoms with Crippen molar-refractivity contribution in [1.29, 1.82) is 0 Å². The molecule has 0 amide bonds. The monoisotopic (exact) mass is 409 g/mol. The zero-order valence-electron chi connectivity index (χ0n) is 17.6. The topological polar surface area (TPSA) is 49.8 Å². The number of aryl methyl sites for hydroxylation is 1. The van der Waals surface area contributed by atoms with Crippen LogP contribution < -0.4 is 10.9 Å². The van der Waals surface area contributed by atoms with Crippen molar-refractivity contribution in [1.82, 2.24) is 9.55 Å². The lowest BCUT2D eigenvalue weighted by molar-refractivity contribution is 0.620. The first-order valence-electron chi connectivity index (χ1n) is 10.8. The maximum Gasteiger partial charge on any atom is 0.274 e. The van der Waals surface area contributed by atoms with Crippen LogP contribution in [0.2, 0.25) is 0 Å². The first-order valence-corrected chi connectivity index (χ1v) is 11.6. The molecule has 1 aromatic carbocycles. The van der Waals surface area contributed by atoms with E-state index in [9.17, 15) is 4.79 Å². The molecular weight excluding hydrogens is 378 g/mol. The van der Waals surface area contributed by atoms with Crippen molar-refractivity contribution in [2.75, 3.05) is 5.32 Å². The Hall–Kier alpha value is -2.14. The lowest BCUT2D eigenvalue weighted by Gasteiger charge is -2.22. The van der Waals surface area contributed by atoms with Crippen LogP contribution in [0, 0.1) is 0 Å². The van der Waals surface area contributed by atoms with Crippen LogP contribution in [0.5, 0.6) is 0 Å². The van der Waals surface area contributed by atoms with Crippen LogP contribution in [0.3, 0.4) is 0 Å². The van der Waals surface area contributed by atoms with E-state index >= 15 is 0 Å². The second-order valence-electron chi connectivity index (χ2n) is 8.43. The number of hydrogen-bond donors (Lipinski definition) is 2. The van der Waals surface area contributed by atoms with Gasteiger partial charge in [0.25, 0.3) is 5.56 Å². The summed E-state index contributed by atoms with van der Waals surface area (Å²) in [6, 6.07) is 9.28. The van der Waals surface area contributed by atoms with Crippen LogP contribution in [-0.2, 0) is 7.05 Å². The van der Waals surface area contributed by atoms with Crippen molar-refractivity contribution in [3.8, 4) is 11.1 Å². The van der Waals surface area contributed by atoms with Crippen molar-refractivity contribution in [3.05, 3.63) is 47.0 Å². The number of anilines is 1. The number of aromatic nitrogens is 2. The molecule has 2 N–H and O–H groups in total. The predicted molar refractivity (Wildman–Crippen MR) is 125 cm³/mol. The standard InChI is InChI=1S/C24H31N3OS/c1-16(2)29-18-10-11-22(26-17-8-6-4-5-7-9-17)20(14-18)21-15-27(3)24(28)23-19(21)12-13-25-23/h10-17,25-26H,4-9H2,1-3H3. The van der Waals surface area contributed by atoms with Gasteiger partial charge in [-0.25, -0.2) is 0 Å². The third-order valence-corrected chi connectivity index (χ3v) is 6.76. The van der Waals surface area contributed by atoms with Crippen LogP contribution in [0.1, 0.15) is 52.4 Å². The zero-order valence-corrected chi connectivity index (χ0v) is 18.4. The molecule has 0 saturated heterocycles. The van der Waals surface area contributed by atoms with E-state index < -0.39 is 0 Å². The Kier molecular flexibility index (Phi) is 6.04. The molecule has 1 aliphatic rings. The highest BCUT2D eigenvalue weighted by molar-refractivity contribution is 7.99. The van der Waals surface area contributed by atoms with Crippen LogP contribution in [0.4, 0.5) is 5.69 Å². The number of pyridine rings is 1. The van der Waals surface area contributed by atoms with Gasteiger partial charge in [0.2, 0.25) is 0 Å².